The first-order valence-electron chi connectivity index (χ1n) is 5.11. The van der Waals surface area contributed by atoms with Crippen molar-refractivity contribution in [1.29, 1.82) is 0 Å². The highest BCUT2D eigenvalue weighted by Crippen LogP contribution is 2.33. The summed E-state index contributed by atoms with van der Waals surface area (Å²) in [6.45, 7) is 4.37. The third-order valence-electron chi connectivity index (χ3n) is 3.14. The molecule has 0 spiro atoms. The van der Waals surface area contributed by atoms with Crippen LogP contribution in [0.15, 0.2) is 16.7 Å². The Labute approximate surface area is 83.5 Å². The van der Waals surface area contributed by atoms with Gasteiger partial charge in [0.1, 0.15) is 5.69 Å². The fourth-order valence-corrected chi connectivity index (χ4v) is 2.37. The molecule has 1 aromatic heterocycles. The zero-order valence-corrected chi connectivity index (χ0v) is 8.36. The standard InChI is InChI=1S/C10H15N3O/c1-12-3-4-13-8(7-12)6-11-10-9(13)2-5-14-10/h2,5,8,11H,3-4,6-7H2,1H3. The summed E-state index contributed by atoms with van der Waals surface area (Å²) >= 11 is 0. The summed E-state index contributed by atoms with van der Waals surface area (Å²) in [5.41, 5.74) is 1.23. The van der Waals surface area contributed by atoms with E-state index in [1.165, 1.54) is 5.69 Å². The largest absolute Gasteiger partial charge is 0.447 e. The third kappa shape index (κ3) is 1.10. The highest BCUT2D eigenvalue weighted by Gasteiger charge is 2.31. The first-order valence-corrected chi connectivity index (χ1v) is 5.11. The van der Waals surface area contributed by atoms with Crippen molar-refractivity contribution in [3.8, 4) is 0 Å². The van der Waals surface area contributed by atoms with E-state index in [9.17, 15) is 0 Å². The first kappa shape index (κ1) is 8.17. The van der Waals surface area contributed by atoms with Crippen molar-refractivity contribution in [2.24, 2.45) is 0 Å². The Morgan fingerprint density at radius 3 is 3.36 bits per heavy atom. The van der Waals surface area contributed by atoms with E-state index in [1.54, 1.807) is 6.26 Å². The molecule has 2 aliphatic rings. The third-order valence-corrected chi connectivity index (χ3v) is 3.14. The molecule has 3 rings (SSSR count). The van der Waals surface area contributed by atoms with E-state index in [1.807, 2.05) is 0 Å². The molecule has 0 aliphatic carbocycles. The number of rotatable bonds is 0. The van der Waals surface area contributed by atoms with Gasteiger partial charge in [-0.1, -0.05) is 0 Å². The van der Waals surface area contributed by atoms with Crippen molar-refractivity contribution in [3.63, 3.8) is 0 Å². The number of likely N-dealkylation sites (N-methyl/N-ethyl adjacent to an activating group) is 1. The van der Waals surface area contributed by atoms with Gasteiger partial charge in [0.2, 0.25) is 5.88 Å². The summed E-state index contributed by atoms with van der Waals surface area (Å²) in [7, 11) is 2.18. The van der Waals surface area contributed by atoms with E-state index < -0.39 is 0 Å². The van der Waals surface area contributed by atoms with E-state index in [0.717, 1.165) is 32.1 Å². The van der Waals surface area contributed by atoms with Crippen LogP contribution in [0.25, 0.3) is 0 Å². The smallest absolute Gasteiger partial charge is 0.216 e. The summed E-state index contributed by atoms with van der Waals surface area (Å²) in [5, 5.41) is 3.33. The van der Waals surface area contributed by atoms with Crippen LogP contribution < -0.4 is 10.2 Å². The molecule has 1 atom stereocenters. The molecule has 0 radical (unpaired) electrons. The maximum Gasteiger partial charge on any atom is 0.216 e. The van der Waals surface area contributed by atoms with Crippen molar-refractivity contribution >= 4 is 11.6 Å². The molecule has 4 heteroatoms. The van der Waals surface area contributed by atoms with E-state index in [-0.39, 0.29) is 0 Å². The van der Waals surface area contributed by atoms with Crippen LogP contribution in [0.5, 0.6) is 0 Å². The quantitative estimate of drug-likeness (QED) is 0.661. The van der Waals surface area contributed by atoms with Gasteiger partial charge in [-0.15, -0.1) is 0 Å². The van der Waals surface area contributed by atoms with Gasteiger partial charge in [0.05, 0.1) is 12.3 Å². The van der Waals surface area contributed by atoms with Gasteiger partial charge in [-0.25, -0.2) is 0 Å². The molecule has 1 fully saturated rings. The number of fused-ring (bicyclic) bond motifs is 3. The van der Waals surface area contributed by atoms with Crippen LogP contribution in [0.2, 0.25) is 0 Å². The lowest BCUT2D eigenvalue weighted by Gasteiger charge is -2.43. The number of hydrogen-bond acceptors (Lipinski definition) is 4. The van der Waals surface area contributed by atoms with Crippen LogP contribution in [0.4, 0.5) is 11.6 Å². The Kier molecular flexibility index (Phi) is 1.70. The predicted molar refractivity (Wildman–Crippen MR) is 55.8 cm³/mol. The average molecular weight is 193 g/mol. The Balaban J connectivity index is 1.91. The molecule has 1 unspecified atom stereocenters. The monoisotopic (exact) mass is 193 g/mol. The number of hydrogen-bond donors (Lipinski definition) is 1. The molecule has 3 heterocycles. The Hall–Kier alpha value is -1.16. The molecule has 1 N–H and O–H groups in total. The van der Waals surface area contributed by atoms with E-state index >= 15 is 0 Å². The molecule has 0 bridgehead atoms. The van der Waals surface area contributed by atoms with Crippen LogP contribution in [0, 0.1) is 0 Å². The summed E-state index contributed by atoms with van der Waals surface area (Å²) in [6, 6.07) is 2.65. The molecule has 0 aromatic carbocycles. The van der Waals surface area contributed by atoms with Crippen LogP contribution in [0.1, 0.15) is 0 Å². The van der Waals surface area contributed by atoms with Gasteiger partial charge >= 0.3 is 0 Å². The second kappa shape index (κ2) is 2.92. The van der Waals surface area contributed by atoms with E-state index in [4.69, 9.17) is 4.42 Å². The highest BCUT2D eigenvalue weighted by molar-refractivity contribution is 5.67. The van der Waals surface area contributed by atoms with Crippen molar-refractivity contribution in [3.05, 3.63) is 12.3 Å². The molecular weight excluding hydrogens is 178 g/mol. The number of nitrogens with one attached hydrogen (secondary N) is 1. The highest BCUT2D eigenvalue weighted by atomic mass is 16.3. The summed E-state index contributed by atoms with van der Waals surface area (Å²) in [6.07, 6.45) is 1.76. The van der Waals surface area contributed by atoms with Crippen LogP contribution >= 0.6 is 0 Å². The normalized spacial score (nSPS) is 26.6. The number of furan rings is 1. The van der Waals surface area contributed by atoms with Crippen molar-refractivity contribution in [2.45, 2.75) is 6.04 Å². The van der Waals surface area contributed by atoms with E-state index in [0.29, 0.717) is 6.04 Å². The van der Waals surface area contributed by atoms with Gasteiger partial charge in [-0.05, 0) is 7.05 Å². The second-order valence-electron chi connectivity index (χ2n) is 4.13. The van der Waals surface area contributed by atoms with Crippen LogP contribution in [0.3, 0.4) is 0 Å². The van der Waals surface area contributed by atoms with Crippen molar-refractivity contribution < 1.29 is 4.42 Å². The number of nitrogens with zero attached hydrogens (tertiary/aromatic N) is 2. The Morgan fingerprint density at radius 2 is 2.43 bits per heavy atom. The van der Waals surface area contributed by atoms with Gasteiger partial charge in [0.15, 0.2) is 0 Å². The summed E-state index contributed by atoms with van der Waals surface area (Å²) in [4.78, 5) is 4.84. The van der Waals surface area contributed by atoms with Gasteiger partial charge in [0.25, 0.3) is 0 Å². The number of piperazine rings is 1. The SMILES string of the molecule is CN1CCN2c3ccoc3NCC2C1. The summed E-state index contributed by atoms with van der Waals surface area (Å²) in [5.74, 6) is 0.936. The lowest BCUT2D eigenvalue weighted by molar-refractivity contribution is 0.269. The van der Waals surface area contributed by atoms with Crippen LogP contribution in [-0.4, -0.2) is 44.2 Å². The number of anilines is 2. The molecule has 0 amide bonds. The lowest BCUT2D eigenvalue weighted by atomic mass is 10.1. The molecule has 14 heavy (non-hydrogen) atoms. The zero-order valence-electron chi connectivity index (χ0n) is 8.36. The van der Waals surface area contributed by atoms with Gasteiger partial charge < -0.3 is 19.5 Å². The summed E-state index contributed by atoms with van der Waals surface area (Å²) < 4.78 is 5.37. The fraction of sp³-hybridized carbons (Fsp3) is 0.600. The van der Waals surface area contributed by atoms with E-state index in [2.05, 4.69) is 28.2 Å². The molecule has 4 nitrogen and oxygen atoms in total. The van der Waals surface area contributed by atoms with Gasteiger partial charge in [-0.3, -0.25) is 0 Å². The topological polar surface area (TPSA) is 31.6 Å². The Bertz CT molecular complexity index is 336. The second-order valence-corrected chi connectivity index (χ2v) is 4.13. The van der Waals surface area contributed by atoms with Crippen molar-refractivity contribution in [1.82, 2.24) is 4.90 Å². The first-order chi connectivity index (χ1) is 6.84. The minimum atomic E-state index is 0.596. The van der Waals surface area contributed by atoms with Crippen molar-refractivity contribution in [2.75, 3.05) is 43.4 Å². The van der Waals surface area contributed by atoms with Gasteiger partial charge in [-0.2, -0.15) is 0 Å². The molecular formula is C10H15N3O. The maximum atomic E-state index is 5.37. The minimum Gasteiger partial charge on any atom is -0.447 e. The molecule has 2 aliphatic heterocycles. The maximum absolute atomic E-state index is 5.37. The molecule has 1 aromatic rings. The van der Waals surface area contributed by atoms with Gasteiger partial charge in [0, 0.05) is 32.2 Å². The lowest BCUT2D eigenvalue weighted by Crippen LogP contribution is -2.56. The zero-order chi connectivity index (χ0) is 9.54. The Morgan fingerprint density at radius 1 is 1.50 bits per heavy atom. The molecule has 0 saturated carbocycles. The predicted octanol–water partition coefficient (Wildman–Crippen LogP) is 0.825. The average Bonchev–Trinajstić information content (AvgIpc) is 2.65. The van der Waals surface area contributed by atoms with Crippen LogP contribution in [-0.2, 0) is 0 Å². The fourth-order valence-electron chi connectivity index (χ4n) is 2.37. The molecule has 76 valence electrons. The molecule has 1 saturated heterocycles. The minimum absolute atomic E-state index is 0.596.